The Morgan fingerprint density at radius 1 is 1.43 bits per heavy atom. The highest BCUT2D eigenvalue weighted by molar-refractivity contribution is 7.09. The summed E-state index contributed by atoms with van der Waals surface area (Å²) in [6.45, 7) is 11.6. The van der Waals surface area contributed by atoms with Gasteiger partial charge < -0.3 is 10.6 Å². The summed E-state index contributed by atoms with van der Waals surface area (Å²) >= 11 is 1.64. The maximum absolute atomic E-state index is 12.1. The number of carbonyl (C=O) groups excluding carboxylic acids is 1. The number of nitrogens with zero attached hydrogens (tertiary/aromatic N) is 1. The molecule has 1 amide bonds. The molecule has 0 aliphatic carbocycles. The Labute approximate surface area is 131 Å². The van der Waals surface area contributed by atoms with Gasteiger partial charge >= 0.3 is 0 Å². The molecule has 1 aromatic heterocycles. The molecule has 1 aliphatic heterocycles. The van der Waals surface area contributed by atoms with E-state index in [1.165, 1.54) is 0 Å². The zero-order valence-electron chi connectivity index (χ0n) is 13.6. The highest BCUT2D eigenvalue weighted by Crippen LogP contribution is 2.27. The number of carbonyl (C=O) groups is 1. The van der Waals surface area contributed by atoms with Crippen LogP contribution in [0.1, 0.15) is 51.2 Å². The summed E-state index contributed by atoms with van der Waals surface area (Å²) in [6, 6.07) is 0. The summed E-state index contributed by atoms with van der Waals surface area (Å²) in [7, 11) is 0. The second-order valence-electron chi connectivity index (χ2n) is 7.41. The molecule has 0 saturated carbocycles. The van der Waals surface area contributed by atoms with Crippen molar-refractivity contribution in [2.24, 2.45) is 5.41 Å². The van der Waals surface area contributed by atoms with E-state index in [0.717, 1.165) is 43.2 Å². The highest BCUT2D eigenvalue weighted by Gasteiger charge is 2.27. The molecule has 1 saturated heterocycles. The van der Waals surface area contributed by atoms with Crippen molar-refractivity contribution in [2.75, 3.05) is 19.6 Å². The average Bonchev–Trinajstić information content (AvgIpc) is 2.86. The third kappa shape index (κ3) is 4.78. The monoisotopic (exact) mass is 309 g/mol. The fourth-order valence-electron chi connectivity index (χ4n) is 2.48. The Morgan fingerprint density at radius 3 is 2.67 bits per heavy atom. The molecular formula is C16H27N3OS. The third-order valence-electron chi connectivity index (χ3n) is 4.06. The highest BCUT2D eigenvalue weighted by atomic mass is 32.1. The lowest BCUT2D eigenvalue weighted by atomic mass is 9.81. The van der Waals surface area contributed by atoms with Crippen LogP contribution >= 0.6 is 11.3 Å². The zero-order valence-corrected chi connectivity index (χ0v) is 14.4. The van der Waals surface area contributed by atoms with E-state index in [2.05, 4.69) is 43.3 Å². The molecule has 0 aromatic carbocycles. The summed E-state index contributed by atoms with van der Waals surface area (Å²) in [5.41, 5.74) is 1.18. The van der Waals surface area contributed by atoms with E-state index < -0.39 is 0 Å². The average molecular weight is 309 g/mol. The van der Waals surface area contributed by atoms with Crippen LogP contribution in [0.5, 0.6) is 0 Å². The minimum atomic E-state index is 0.0575. The molecule has 118 valence electrons. The SMILES string of the molecule is CC1(CNC(=O)Cc2csc(C(C)(C)C)n2)CCNCC1. The molecule has 1 aliphatic rings. The van der Waals surface area contributed by atoms with Gasteiger partial charge in [-0.25, -0.2) is 4.98 Å². The number of nitrogens with one attached hydrogen (secondary N) is 2. The smallest absolute Gasteiger partial charge is 0.226 e. The summed E-state index contributed by atoms with van der Waals surface area (Å²) in [5, 5.41) is 9.55. The van der Waals surface area contributed by atoms with Crippen molar-refractivity contribution in [3.8, 4) is 0 Å². The van der Waals surface area contributed by atoms with Crippen LogP contribution in [0.25, 0.3) is 0 Å². The van der Waals surface area contributed by atoms with Gasteiger partial charge in [0, 0.05) is 17.3 Å². The van der Waals surface area contributed by atoms with E-state index in [1.807, 2.05) is 5.38 Å². The van der Waals surface area contributed by atoms with Gasteiger partial charge in [0.2, 0.25) is 5.91 Å². The number of amides is 1. The van der Waals surface area contributed by atoms with Crippen molar-refractivity contribution in [2.45, 2.75) is 52.4 Å². The van der Waals surface area contributed by atoms with Crippen LogP contribution in [0.15, 0.2) is 5.38 Å². The van der Waals surface area contributed by atoms with Crippen LogP contribution in [0.3, 0.4) is 0 Å². The van der Waals surface area contributed by atoms with Crippen LogP contribution in [0.4, 0.5) is 0 Å². The second-order valence-corrected chi connectivity index (χ2v) is 8.27. The molecule has 0 radical (unpaired) electrons. The predicted octanol–water partition coefficient (Wildman–Crippen LogP) is 2.49. The van der Waals surface area contributed by atoms with Gasteiger partial charge in [-0.2, -0.15) is 0 Å². The Bertz CT molecular complexity index is 484. The molecule has 21 heavy (non-hydrogen) atoms. The van der Waals surface area contributed by atoms with Gasteiger partial charge in [0.1, 0.15) is 0 Å². The first kappa shape index (κ1) is 16.4. The van der Waals surface area contributed by atoms with Crippen molar-refractivity contribution in [3.05, 3.63) is 16.1 Å². The topological polar surface area (TPSA) is 54.0 Å². The number of piperidine rings is 1. The van der Waals surface area contributed by atoms with Gasteiger partial charge in [-0.05, 0) is 31.3 Å². The van der Waals surface area contributed by atoms with E-state index in [9.17, 15) is 4.79 Å². The zero-order chi connectivity index (χ0) is 15.5. The van der Waals surface area contributed by atoms with Gasteiger partial charge in [-0.15, -0.1) is 11.3 Å². The van der Waals surface area contributed by atoms with Crippen molar-refractivity contribution in [1.82, 2.24) is 15.6 Å². The lowest BCUT2D eigenvalue weighted by Gasteiger charge is -2.34. The Kier molecular flexibility index (Phi) is 5.04. The minimum Gasteiger partial charge on any atom is -0.355 e. The van der Waals surface area contributed by atoms with E-state index in [0.29, 0.717) is 6.42 Å². The van der Waals surface area contributed by atoms with Gasteiger partial charge in [-0.1, -0.05) is 27.7 Å². The first-order chi connectivity index (χ1) is 9.78. The lowest BCUT2D eigenvalue weighted by molar-refractivity contribution is -0.121. The molecule has 0 bridgehead atoms. The fraction of sp³-hybridized carbons (Fsp3) is 0.750. The van der Waals surface area contributed by atoms with Crippen molar-refractivity contribution in [3.63, 3.8) is 0 Å². The molecule has 0 unspecified atom stereocenters. The largest absolute Gasteiger partial charge is 0.355 e. The predicted molar refractivity (Wildman–Crippen MR) is 87.7 cm³/mol. The number of hydrogen-bond donors (Lipinski definition) is 2. The van der Waals surface area contributed by atoms with Crippen LogP contribution in [-0.4, -0.2) is 30.5 Å². The van der Waals surface area contributed by atoms with Gasteiger partial charge in [0.25, 0.3) is 0 Å². The molecular weight excluding hydrogens is 282 g/mol. The van der Waals surface area contributed by atoms with Gasteiger partial charge in [0.15, 0.2) is 0 Å². The van der Waals surface area contributed by atoms with E-state index in [1.54, 1.807) is 11.3 Å². The Hall–Kier alpha value is -0.940. The summed E-state index contributed by atoms with van der Waals surface area (Å²) < 4.78 is 0. The molecule has 4 nitrogen and oxygen atoms in total. The lowest BCUT2D eigenvalue weighted by Crippen LogP contribution is -2.43. The normalized spacial score (nSPS) is 18.5. The van der Waals surface area contributed by atoms with Crippen LogP contribution < -0.4 is 10.6 Å². The minimum absolute atomic E-state index is 0.0575. The molecule has 2 N–H and O–H groups in total. The number of aromatic nitrogens is 1. The Balaban J connectivity index is 1.83. The Morgan fingerprint density at radius 2 is 2.10 bits per heavy atom. The molecule has 0 atom stereocenters. The number of hydrogen-bond acceptors (Lipinski definition) is 4. The van der Waals surface area contributed by atoms with E-state index >= 15 is 0 Å². The fourth-order valence-corrected chi connectivity index (χ4v) is 3.39. The summed E-state index contributed by atoms with van der Waals surface area (Å²) in [5.74, 6) is 0.0838. The quantitative estimate of drug-likeness (QED) is 0.898. The molecule has 2 heterocycles. The third-order valence-corrected chi connectivity index (χ3v) is 5.37. The van der Waals surface area contributed by atoms with Crippen LogP contribution in [-0.2, 0) is 16.6 Å². The number of thiazole rings is 1. The molecule has 1 aromatic rings. The number of rotatable bonds is 4. The molecule has 2 rings (SSSR count). The second kappa shape index (κ2) is 6.44. The molecule has 0 spiro atoms. The van der Waals surface area contributed by atoms with Crippen LogP contribution in [0, 0.1) is 5.41 Å². The van der Waals surface area contributed by atoms with Crippen molar-refractivity contribution in [1.29, 1.82) is 0 Å². The molecule has 1 fully saturated rings. The van der Waals surface area contributed by atoms with E-state index in [-0.39, 0.29) is 16.7 Å². The van der Waals surface area contributed by atoms with Crippen molar-refractivity contribution < 1.29 is 4.79 Å². The summed E-state index contributed by atoms with van der Waals surface area (Å²) in [4.78, 5) is 16.7. The summed E-state index contributed by atoms with van der Waals surface area (Å²) in [6.07, 6.45) is 2.64. The first-order valence-corrected chi connectivity index (χ1v) is 8.59. The standard InChI is InChI=1S/C16H27N3OS/c1-15(2,3)14-19-12(10-21-14)9-13(20)18-11-16(4)5-7-17-8-6-16/h10,17H,5-9,11H2,1-4H3,(H,18,20). The van der Waals surface area contributed by atoms with Gasteiger partial charge in [0.05, 0.1) is 17.1 Å². The van der Waals surface area contributed by atoms with Crippen LogP contribution in [0.2, 0.25) is 0 Å². The molecule has 5 heteroatoms. The van der Waals surface area contributed by atoms with Crippen molar-refractivity contribution >= 4 is 17.2 Å². The first-order valence-electron chi connectivity index (χ1n) is 7.71. The maximum Gasteiger partial charge on any atom is 0.226 e. The van der Waals surface area contributed by atoms with Gasteiger partial charge in [-0.3, -0.25) is 4.79 Å². The van der Waals surface area contributed by atoms with E-state index in [4.69, 9.17) is 0 Å². The maximum atomic E-state index is 12.1.